The Morgan fingerprint density at radius 3 is 0.992 bits per heavy atom. The molecule has 6 aliphatic rings. The van der Waals surface area contributed by atoms with E-state index in [2.05, 4.69) is 93.9 Å². The summed E-state index contributed by atoms with van der Waals surface area (Å²) in [6, 6.07) is 39.6. The third-order valence-electron chi connectivity index (χ3n) is 25.1. The van der Waals surface area contributed by atoms with Gasteiger partial charge in [0, 0.05) is 117 Å². The van der Waals surface area contributed by atoms with Crippen molar-refractivity contribution in [1.29, 1.82) is 0 Å². The number of nitrogen functional groups attached to an aromatic ring is 1. The maximum Gasteiger partial charge on any atom is 0.256 e. The number of hydrogen-bond donors (Lipinski definition) is 6. The Bertz CT molecular complexity index is 5790. The minimum atomic E-state index is -0.229. The summed E-state index contributed by atoms with van der Waals surface area (Å²) < 4.78 is 28.8. The molecule has 652 valence electrons. The number of hydrogen-bond acceptors (Lipinski definition) is 26. The lowest BCUT2D eigenvalue weighted by Gasteiger charge is -2.29. The molecule has 0 aliphatic heterocycles. The van der Waals surface area contributed by atoms with Gasteiger partial charge in [-0.25, -0.2) is 29.9 Å². The Morgan fingerprint density at radius 2 is 0.661 bits per heavy atom. The first-order chi connectivity index (χ1) is 60.4. The van der Waals surface area contributed by atoms with Crippen molar-refractivity contribution in [1.82, 2.24) is 58.1 Å². The van der Waals surface area contributed by atoms with Gasteiger partial charge in [0.05, 0.1) is 73.6 Å². The van der Waals surface area contributed by atoms with E-state index in [1.54, 1.807) is 62.1 Å². The molecule has 6 saturated carbocycles. The first-order valence-corrected chi connectivity index (χ1v) is 46.0. The van der Waals surface area contributed by atoms with E-state index in [1.165, 1.54) is 35.7 Å². The maximum absolute atomic E-state index is 13.9. The van der Waals surface area contributed by atoms with E-state index in [-0.39, 0.29) is 76.4 Å². The predicted octanol–water partition coefficient (Wildman–Crippen LogP) is 16.2. The highest BCUT2D eigenvalue weighted by Crippen LogP contribution is 2.40. The van der Waals surface area contributed by atoms with E-state index in [9.17, 15) is 34.5 Å². The number of aromatic nitrogens is 12. The summed E-state index contributed by atoms with van der Waals surface area (Å²) >= 11 is 2.92. The number of nitrogens with zero attached hydrogens (tertiary/aromatic N) is 14. The smallest absolute Gasteiger partial charge is 0.256 e. The monoisotopic (exact) mass is 1720 g/mol. The van der Waals surface area contributed by atoms with Gasteiger partial charge in [-0.2, -0.15) is 9.97 Å². The van der Waals surface area contributed by atoms with Crippen molar-refractivity contribution in [3.63, 3.8) is 0 Å². The summed E-state index contributed by atoms with van der Waals surface area (Å²) in [6.45, 7) is 2.40. The molecule has 0 atom stereocenters. The lowest BCUT2D eigenvalue weighted by atomic mass is 9.93. The van der Waals surface area contributed by atoms with Gasteiger partial charge >= 0.3 is 0 Å². The van der Waals surface area contributed by atoms with Crippen molar-refractivity contribution >= 4 is 96.6 Å². The second-order valence-corrected chi connectivity index (χ2v) is 34.8. The first-order valence-electron chi connectivity index (χ1n) is 43.5. The first kappa shape index (κ1) is 87.6. The minimum Gasteiger partial charge on any atom is -0.507 e. The number of benzene rings is 4. The van der Waals surface area contributed by atoms with Gasteiger partial charge in [0.25, 0.3) is 22.2 Å². The number of aliphatic hydroxyl groups is 2. The predicted molar refractivity (Wildman–Crippen MR) is 490 cm³/mol. The van der Waals surface area contributed by atoms with Crippen LogP contribution in [0.25, 0.3) is 44.1 Å². The van der Waals surface area contributed by atoms with Crippen LogP contribution >= 0.6 is 23.5 Å². The van der Waals surface area contributed by atoms with Crippen LogP contribution in [0.15, 0.2) is 176 Å². The molecule has 4 aromatic carbocycles. The Balaban J connectivity index is 0.000000133. The number of rotatable bonds is 24. The zero-order chi connectivity index (χ0) is 86.3. The highest BCUT2D eigenvalue weighted by atomic mass is 32.2. The van der Waals surface area contributed by atoms with Gasteiger partial charge in [0.1, 0.15) is 34.4 Å². The molecule has 6 aliphatic carbocycles. The molecule has 12 aromatic rings. The molecule has 8 aromatic heterocycles. The van der Waals surface area contributed by atoms with E-state index in [0.29, 0.717) is 76.4 Å². The third kappa shape index (κ3) is 20.8. The van der Waals surface area contributed by atoms with Crippen molar-refractivity contribution in [2.45, 2.75) is 239 Å². The standard InChI is InChI=1S/C34H41N5O4.C29H32N4O3S.C18H25N5O2.C13H15N3O2S/c1-42-28-15-7-23(8-16-28)21-38(22-24-9-17-29(43-2)18-10-24)31-19-32(41)39(26-5-3-4-6-26)33-30(31)20-35-34(37-33)36-25-11-13-27(40)14-12-25;1-35-23-12-8-20(9-13-23)18-32(19-21-10-14-24(36-2)15-11-21)26-16-27(34)33(22-6-4-5-7-22)28-25(26)17-30-29(31-28)37-3;19-15-9-16(25)23(12-3-1-2-4-12)17-14(15)10-20-18(22-17)21-11-5-7-13(24)8-6-11;1-19-13-14-7-9-10(17)6-11(18)16(12(9)15-13)8-4-2-3-5-8/h7-10,15-20,25-27,40H,3-6,11-14,21-22H2,1-2H3,(H,35,36,37);8-17,22H,4-7,18-19H2,1-3H3;9-13,24H,1-8,19H2,(H,20,21,22);6-8,17H,2-5H2,1H3. The van der Waals surface area contributed by atoms with Crippen molar-refractivity contribution < 1.29 is 34.3 Å². The lowest BCUT2D eigenvalue weighted by Crippen LogP contribution is -2.30. The van der Waals surface area contributed by atoms with Crippen LogP contribution in [-0.4, -0.2) is 139 Å². The lowest BCUT2D eigenvalue weighted by molar-refractivity contribution is 0.125. The zero-order valence-corrected chi connectivity index (χ0v) is 73.2. The van der Waals surface area contributed by atoms with Gasteiger partial charge in [-0.3, -0.25) is 37.4 Å². The third-order valence-corrected chi connectivity index (χ3v) is 26.2. The summed E-state index contributed by atoms with van der Waals surface area (Å²) in [6.07, 6.45) is 34.2. The number of aromatic hydroxyl groups is 1. The largest absolute Gasteiger partial charge is 0.507 e. The number of pyridine rings is 4. The molecule has 18 rings (SSSR count). The van der Waals surface area contributed by atoms with Gasteiger partial charge in [0.2, 0.25) is 11.9 Å². The van der Waals surface area contributed by atoms with Crippen LogP contribution in [0.2, 0.25) is 0 Å². The highest BCUT2D eigenvalue weighted by molar-refractivity contribution is 7.98. The van der Waals surface area contributed by atoms with Crippen molar-refractivity contribution in [2.75, 3.05) is 67.1 Å². The Hall–Kier alpha value is -11.3. The summed E-state index contributed by atoms with van der Waals surface area (Å²) in [4.78, 5) is 93.6. The van der Waals surface area contributed by atoms with Crippen LogP contribution in [0.3, 0.4) is 0 Å². The van der Waals surface area contributed by atoms with Crippen molar-refractivity contribution in [3.05, 3.63) is 210 Å². The Kier molecular flexibility index (Phi) is 28.9. The van der Waals surface area contributed by atoms with Crippen LogP contribution in [-0.2, 0) is 26.2 Å². The zero-order valence-electron chi connectivity index (χ0n) is 71.5. The average Bonchev–Trinajstić information content (AvgIpc) is 1.09. The van der Waals surface area contributed by atoms with Gasteiger partial charge in [-0.05, 0) is 186 Å². The maximum atomic E-state index is 13.9. The van der Waals surface area contributed by atoms with Gasteiger partial charge in [-0.15, -0.1) is 0 Å². The summed E-state index contributed by atoms with van der Waals surface area (Å²) in [5, 5.41) is 40.7. The van der Waals surface area contributed by atoms with Gasteiger partial charge in [-0.1, -0.05) is 123 Å². The number of anilines is 5. The second kappa shape index (κ2) is 41.0. The molecule has 0 spiro atoms. The number of aliphatic hydroxyl groups excluding tert-OH is 2. The van der Waals surface area contributed by atoms with Crippen molar-refractivity contribution in [3.8, 4) is 28.7 Å². The SMILES string of the molecule is COc1ccc(CN(Cc2ccc(OC)cc2)c2cc(=O)n(C3CCCC3)c3nc(NC4CCC(O)CC4)ncc23)cc1.COc1ccc(CN(Cc2ccc(OC)cc2)c2cc(=O)n(C3CCCC3)c3nc(SC)ncc23)cc1.CSc1ncc2c(O)cc(=O)n(C3CCCC3)c2n1.Nc1cc(=O)n(C2CCCC2)c2nc(NC3CCC(O)CC3)ncc12. The number of nitrogens with two attached hydrogens (primary N) is 1. The van der Waals surface area contributed by atoms with Crippen LogP contribution in [0.4, 0.5) is 29.0 Å². The van der Waals surface area contributed by atoms with Gasteiger partial charge in [0.15, 0.2) is 27.3 Å². The number of fused-ring (bicyclic) bond motifs is 4. The summed E-state index contributed by atoms with van der Waals surface area (Å²) in [5.41, 5.74) is 14.8. The number of ether oxygens (including phenoxy) is 4. The van der Waals surface area contributed by atoms with E-state index < -0.39 is 0 Å². The van der Waals surface area contributed by atoms with Crippen LogP contribution in [0.5, 0.6) is 28.7 Å². The molecule has 0 radical (unpaired) electrons. The molecule has 124 heavy (non-hydrogen) atoms. The van der Waals surface area contributed by atoms with Crippen molar-refractivity contribution in [2.24, 2.45) is 0 Å². The van der Waals surface area contributed by atoms with Gasteiger partial charge < -0.3 is 60.4 Å². The molecule has 0 unspecified atom stereocenters. The summed E-state index contributed by atoms with van der Waals surface area (Å²) in [5.74, 6) is 4.26. The molecule has 8 heterocycles. The Morgan fingerprint density at radius 1 is 0.379 bits per heavy atom. The summed E-state index contributed by atoms with van der Waals surface area (Å²) in [7, 11) is 6.66. The van der Waals surface area contributed by atoms with Crippen LogP contribution in [0.1, 0.15) is 201 Å². The normalized spacial score (nSPS) is 18.1. The molecular weight excluding hydrogens is 1610 g/mol. The quantitative estimate of drug-likeness (QED) is 0.0242. The Labute approximate surface area is 729 Å². The fraction of sp³-hybridized carbons (Fsp3) is 0.447. The highest BCUT2D eigenvalue weighted by Gasteiger charge is 2.31. The van der Waals surface area contributed by atoms with E-state index in [1.807, 2.05) is 82.6 Å². The number of nitrogens with one attached hydrogen (secondary N) is 2. The minimum absolute atomic E-state index is 0.00499. The second-order valence-electron chi connectivity index (χ2n) is 33.2. The fourth-order valence-electron chi connectivity index (χ4n) is 18.4. The molecule has 30 heteroatoms. The molecule has 7 N–H and O–H groups in total. The average molecular weight is 1720 g/mol. The van der Waals surface area contributed by atoms with E-state index >= 15 is 0 Å². The number of methoxy groups -OCH3 is 4. The number of thioether (sulfide) groups is 2. The molecular formula is C94H113N17O11S2. The van der Waals surface area contributed by atoms with Crippen LogP contribution < -0.4 is 67.4 Å². The molecule has 0 bridgehead atoms. The molecule has 0 saturated heterocycles. The molecule has 6 fully saturated rings. The fourth-order valence-corrected chi connectivity index (χ4v) is 19.1. The topological polar surface area (TPSA) is 345 Å². The molecule has 0 amide bonds. The molecule has 28 nitrogen and oxygen atoms in total. The van der Waals surface area contributed by atoms with E-state index in [4.69, 9.17) is 39.6 Å². The van der Waals surface area contributed by atoms with E-state index in [0.717, 1.165) is 233 Å². The van der Waals surface area contributed by atoms with Crippen LogP contribution in [0, 0.1) is 0 Å².